The number of nitrogens with zero attached hydrogens (tertiary/aromatic N) is 3. The normalized spacial score (nSPS) is 9.75. The van der Waals surface area contributed by atoms with E-state index >= 15 is 0 Å². The standard InChI is InChI=1S/C11H13N3O2/c1-9-11(14(15)16)7-10(8-12-9)5-4-6-13(2)3/h7-8H,6H2,1-3H3. The van der Waals surface area contributed by atoms with Crippen molar-refractivity contribution in [2.24, 2.45) is 0 Å². The van der Waals surface area contributed by atoms with Crippen molar-refractivity contribution in [3.8, 4) is 11.8 Å². The Morgan fingerprint density at radius 2 is 2.25 bits per heavy atom. The summed E-state index contributed by atoms with van der Waals surface area (Å²) in [6.07, 6.45) is 1.55. The number of hydrogen-bond donors (Lipinski definition) is 0. The number of pyridine rings is 1. The largest absolute Gasteiger partial charge is 0.299 e. The van der Waals surface area contributed by atoms with Gasteiger partial charge in [-0.1, -0.05) is 11.8 Å². The lowest BCUT2D eigenvalue weighted by molar-refractivity contribution is -0.385. The Balaban J connectivity index is 2.94. The number of rotatable bonds is 2. The van der Waals surface area contributed by atoms with Gasteiger partial charge < -0.3 is 0 Å². The zero-order valence-electron chi connectivity index (χ0n) is 9.52. The summed E-state index contributed by atoms with van der Waals surface area (Å²) >= 11 is 0. The second-order valence-electron chi connectivity index (χ2n) is 3.63. The van der Waals surface area contributed by atoms with Crippen LogP contribution in [0, 0.1) is 28.9 Å². The van der Waals surface area contributed by atoms with Crippen LogP contribution in [-0.2, 0) is 0 Å². The lowest BCUT2D eigenvalue weighted by atomic mass is 10.2. The number of aryl methyl sites for hydroxylation is 1. The van der Waals surface area contributed by atoms with Gasteiger partial charge >= 0.3 is 0 Å². The van der Waals surface area contributed by atoms with Gasteiger partial charge in [-0.05, 0) is 21.0 Å². The van der Waals surface area contributed by atoms with Crippen LogP contribution < -0.4 is 0 Å². The molecule has 1 aromatic heterocycles. The predicted octanol–water partition coefficient (Wildman–Crippen LogP) is 1.21. The first-order valence-corrected chi connectivity index (χ1v) is 4.75. The molecule has 0 spiro atoms. The van der Waals surface area contributed by atoms with Crippen LogP contribution in [0.25, 0.3) is 0 Å². The summed E-state index contributed by atoms with van der Waals surface area (Å²) in [7, 11) is 3.81. The molecule has 5 heteroatoms. The summed E-state index contributed by atoms with van der Waals surface area (Å²) in [5, 5.41) is 10.7. The van der Waals surface area contributed by atoms with Gasteiger partial charge in [0.1, 0.15) is 5.69 Å². The van der Waals surface area contributed by atoms with E-state index in [9.17, 15) is 10.1 Å². The Bertz CT molecular complexity index is 458. The number of aromatic nitrogens is 1. The first kappa shape index (κ1) is 12.1. The van der Waals surface area contributed by atoms with Crippen molar-refractivity contribution in [3.63, 3.8) is 0 Å². The van der Waals surface area contributed by atoms with Crippen molar-refractivity contribution in [2.75, 3.05) is 20.6 Å². The molecule has 0 aliphatic heterocycles. The minimum atomic E-state index is -0.445. The molecule has 0 saturated carbocycles. The van der Waals surface area contributed by atoms with Crippen LogP contribution in [0.2, 0.25) is 0 Å². The fourth-order valence-electron chi connectivity index (χ4n) is 1.07. The van der Waals surface area contributed by atoms with Gasteiger partial charge in [0, 0.05) is 17.8 Å². The van der Waals surface area contributed by atoms with Crippen LogP contribution >= 0.6 is 0 Å². The van der Waals surface area contributed by atoms with Gasteiger partial charge in [-0.3, -0.25) is 20.0 Å². The summed E-state index contributed by atoms with van der Waals surface area (Å²) in [5.74, 6) is 5.74. The van der Waals surface area contributed by atoms with Crippen molar-refractivity contribution in [1.82, 2.24) is 9.88 Å². The highest BCUT2D eigenvalue weighted by atomic mass is 16.6. The van der Waals surface area contributed by atoms with Crippen molar-refractivity contribution in [3.05, 3.63) is 33.6 Å². The maximum Gasteiger partial charge on any atom is 0.291 e. The van der Waals surface area contributed by atoms with E-state index in [2.05, 4.69) is 16.8 Å². The molecule has 0 N–H and O–H groups in total. The van der Waals surface area contributed by atoms with Crippen LogP contribution in [0.5, 0.6) is 0 Å². The van der Waals surface area contributed by atoms with E-state index in [0.717, 1.165) is 0 Å². The van der Waals surface area contributed by atoms with Gasteiger partial charge in [0.15, 0.2) is 0 Å². The van der Waals surface area contributed by atoms with E-state index in [1.54, 1.807) is 13.1 Å². The van der Waals surface area contributed by atoms with Crippen molar-refractivity contribution in [2.45, 2.75) is 6.92 Å². The van der Waals surface area contributed by atoms with Gasteiger partial charge in [-0.15, -0.1) is 0 Å². The molecule has 5 nitrogen and oxygen atoms in total. The highest BCUT2D eigenvalue weighted by molar-refractivity contribution is 5.44. The molecule has 1 heterocycles. The molecule has 0 aromatic carbocycles. The minimum Gasteiger partial charge on any atom is -0.299 e. The minimum absolute atomic E-state index is 0.0108. The molecule has 0 aliphatic carbocycles. The molecule has 1 rings (SSSR count). The Kier molecular flexibility index (Phi) is 3.97. The third-order valence-electron chi connectivity index (χ3n) is 1.88. The maximum atomic E-state index is 10.7. The summed E-state index contributed by atoms with van der Waals surface area (Å²) in [5.41, 5.74) is 0.985. The van der Waals surface area contributed by atoms with Crippen molar-refractivity contribution in [1.29, 1.82) is 0 Å². The molecule has 0 unspecified atom stereocenters. The lowest BCUT2D eigenvalue weighted by Crippen LogP contribution is -2.10. The lowest BCUT2D eigenvalue weighted by Gasteiger charge is -2.01. The van der Waals surface area contributed by atoms with Crippen LogP contribution in [0.3, 0.4) is 0 Å². The molecule has 84 valence electrons. The fourth-order valence-corrected chi connectivity index (χ4v) is 1.07. The van der Waals surface area contributed by atoms with E-state index in [1.807, 2.05) is 19.0 Å². The zero-order chi connectivity index (χ0) is 12.1. The van der Waals surface area contributed by atoms with Crippen LogP contribution in [0.15, 0.2) is 12.3 Å². The van der Waals surface area contributed by atoms with Crippen LogP contribution in [-0.4, -0.2) is 35.4 Å². The van der Waals surface area contributed by atoms with E-state index in [0.29, 0.717) is 17.8 Å². The van der Waals surface area contributed by atoms with Crippen molar-refractivity contribution < 1.29 is 4.92 Å². The fraction of sp³-hybridized carbons (Fsp3) is 0.364. The summed E-state index contributed by atoms with van der Waals surface area (Å²) in [6, 6.07) is 1.45. The Hall–Kier alpha value is -1.93. The molecule has 0 radical (unpaired) electrons. The summed E-state index contributed by atoms with van der Waals surface area (Å²) in [4.78, 5) is 16.1. The molecule has 0 aliphatic rings. The van der Waals surface area contributed by atoms with E-state index in [4.69, 9.17) is 0 Å². The molecular weight excluding hydrogens is 206 g/mol. The molecule has 0 atom stereocenters. The van der Waals surface area contributed by atoms with Gasteiger partial charge in [0.2, 0.25) is 0 Å². The summed E-state index contributed by atoms with van der Waals surface area (Å²) < 4.78 is 0. The third kappa shape index (κ3) is 3.33. The third-order valence-corrected chi connectivity index (χ3v) is 1.88. The Morgan fingerprint density at radius 3 is 2.81 bits per heavy atom. The monoisotopic (exact) mass is 219 g/mol. The van der Waals surface area contributed by atoms with E-state index < -0.39 is 4.92 Å². The van der Waals surface area contributed by atoms with Gasteiger partial charge in [-0.25, -0.2) is 0 Å². The molecule has 0 amide bonds. The van der Waals surface area contributed by atoms with Crippen LogP contribution in [0.1, 0.15) is 11.3 Å². The van der Waals surface area contributed by atoms with Crippen molar-refractivity contribution >= 4 is 5.69 Å². The molecular formula is C11H13N3O2. The topological polar surface area (TPSA) is 59.3 Å². The zero-order valence-corrected chi connectivity index (χ0v) is 9.52. The first-order valence-electron chi connectivity index (χ1n) is 4.75. The molecule has 16 heavy (non-hydrogen) atoms. The average molecular weight is 219 g/mol. The summed E-state index contributed by atoms with van der Waals surface area (Å²) in [6.45, 7) is 2.22. The molecule has 0 fully saturated rings. The SMILES string of the molecule is Cc1ncc(C#CCN(C)C)cc1[N+](=O)[O-]. The molecule has 0 bridgehead atoms. The highest BCUT2D eigenvalue weighted by Crippen LogP contribution is 2.15. The predicted molar refractivity (Wildman–Crippen MR) is 61.1 cm³/mol. The first-order chi connectivity index (χ1) is 7.50. The van der Waals surface area contributed by atoms with E-state index in [-0.39, 0.29) is 5.69 Å². The number of nitro groups is 1. The number of hydrogen-bond acceptors (Lipinski definition) is 4. The smallest absolute Gasteiger partial charge is 0.291 e. The average Bonchev–Trinajstić information content (AvgIpc) is 2.19. The second-order valence-corrected chi connectivity index (χ2v) is 3.63. The highest BCUT2D eigenvalue weighted by Gasteiger charge is 2.11. The molecule has 1 aromatic rings. The van der Waals surface area contributed by atoms with Crippen LogP contribution in [0.4, 0.5) is 5.69 Å². The van der Waals surface area contributed by atoms with Gasteiger partial charge in [-0.2, -0.15) is 0 Å². The van der Waals surface area contributed by atoms with Gasteiger partial charge in [0.25, 0.3) is 5.69 Å². The van der Waals surface area contributed by atoms with E-state index in [1.165, 1.54) is 6.07 Å². The Labute approximate surface area is 94.3 Å². The second kappa shape index (κ2) is 5.24. The molecule has 0 saturated heterocycles. The Morgan fingerprint density at radius 1 is 1.56 bits per heavy atom. The quantitative estimate of drug-likeness (QED) is 0.426. The van der Waals surface area contributed by atoms with Gasteiger partial charge in [0.05, 0.1) is 11.5 Å². The maximum absolute atomic E-state index is 10.7.